The average molecular weight is 467 g/mol. The molecule has 1 saturated heterocycles. The minimum Gasteiger partial charge on any atom is -0.452 e. The van der Waals surface area contributed by atoms with E-state index in [1.165, 1.54) is 4.90 Å². The summed E-state index contributed by atoms with van der Waals surface area (Å²) in [5.41, 5.74) is 3.21. The van der Waals surface area contributed by atoms with Gasteiger partial charge in [0.05, 0.1) is 28.6 Å². The fourth-order valence-corrected chi connectivity index (χ4v) is 6.06. The largest absolute Gasteiger partial charge is 0.452 e. The van der Waals surface area contributed by atoms with Crippen molar-refractivity contribution in [3.8, 4) is 0 Å². The van der Waals surface area contributed by atoms with Gasteiger partial charge in [0.1, 0.15) is 0 Å². The molecular formula is C25H26N2O5S. The number of anilines is 1. The topological polar surface area (TPSA) is 93.6 Å². The van der Waals surface area contributed by atoms with E-state index in [2.05, 4.69) is 4.98 Å². The van der Waals surface area contributed by atoms with Crippen LogP contribution in [0.3, 0.4) is 0 Å². The lowest BCUT2D eigenvalue weighted by Gasteiger charge is -2.28. The van der Waals surface area contributed by atoms with E-state index in [9.17, 15) is 18.0 Å². The van der Waals surface area contributed by atoms with E-state index in [-0.39, 0.29) is 11.5 Å². The monoisotopic (exact) mass is 466 g/mol. The zero-order valence-corrected chi connectivity index (χ0v) is 19.5. The highest BCUT2D eigenvalue weighted by molar-refractivity contribution is 7.91. The van der Waals surface area contributed by atoms with Crippen LogP contribution in [-0.2, 0) is 25.8 Å². The molecule has 1 aromatic heterocycles. The molecule has 0 aliphatic carbocycles. The number of carbonyl (C=O) groups is 2. The summed E-state index contributed by atoms with van der Waals surface area (Å²) < 4.78 is 29.6. The first-order valence-corrected chi connectivity index (χ1v) is 12.8. The van der Waals surface area contributed by atoms with E-state index >= 15 is 0 Å². The second kappa shape index (κ2) is 9.31. The Hall–Kier alpha value is -3.26. The smallest absolute Gasteiger partial charge is 0.339 e. The summed E-state index contributed by atoms with van der Waals surface area (Å²) in [6.45, 7) is 3.31. The maximum absolute atomic E-state index is 13.2. The van der Waals surface area contributed by atoms with Gasteiger partial charge in [0.2, 0.25) is 0 Å². The summed E-state index contributed by atoms with van der Waals surface area (Å²) in [6, 6.07) is 15.7. The van der Waals surface area contributed by atoms with Gasteiger partial charge in [-0.2, -0.15) is 0 Å². The summed E-state index contributed by atoms with van der Waals surface area (Å²) in [5, 5.41) is 0.673. The Morgan fingerprint density at radius 2 is 1.79 bits per heavy atom. The lowest BCUT2D eigenvalue weighted by Crippen LogP contribution is -2.43. The van der Waals surface area contributed by atoms with Crippen LogP contribution in [0.5, 0.6) is 0 Å². The summed E-state index contributed by atoms with van der Waals surface area (Å²) in [5.74, 6) is -1.12. The van der Waals surface area contributed by atoms with E-state index in [1.807, 2.05) is 44.2 Å². The lowest BCUT2D eigenvalue weighted by atomic mass is 10.0. The van der Waals surface area contributed by atoms with Gasteiger partial charge in [-0.25, -0.2) is 13.2 Å². The van der Waals surface area contributed by atoms with E-state index in [0.717, 1.165) is 11.3 Å². The lowest BCUT2D eigenvalue weighted by molar-refractivity contribution is -0.122. The van der Waals surface area contributed by atoms with Crippen LogP contribution in [0.2, 0.25) is 0 Å². The van der Waals surface area contributed by atoms with Crippen molar-refractivity contribution in [3.63, 3.8) is 0 Å². The molecule has 7 nitrogen and oxygen atoms in total. The summed E-state index contributed by atoms with van der Waals surface area (Å²) in [4.78, 5) is 32.4. The molecule has 0 N–H and O–H groups in total. The number of amides is 1. The normalized spacial score (nSPS) is 17.1. The Bertz CT molecular complexity index is 1310. The molecule has 2 aromatic carbocycles. The molecule has 0 spiro atoms. The fourth-order valence-electron chi connectivity index (χ4n) is 4.36. The van der Waals surface area contributed by atoms with Gasteiger partial charge in [-0.1, -0.05) is 43.3 Å². The fraction of sp³-hybridized carbons (Fsp3) is 0.320. The standard InChI is InChI=1S/C25H26N2O5S/c1-3-21-17(2)24(20-11-7-8-12-22(20)26-21)25(29)32-15-23(28)27(18-9-5-4-6-10-18)19-13-14-33(30,31)16-19/h4-12,19H,3,13-16H2,1-2H3. The molecule has 4 rings (SSSR count). The number of hydrogen-bond donors (Lipinski definition) is 0. The predicted molar refractivity (Wildman–Crippen MR) is 127 cm³/mol. The number of pyridine rings is 1. The van der Waals surface area contributed by atoms with Gasteiger partial charge in [0, 0.05) is 16.8 Å². The third-order valence-corrected chi connectivity index (χ3v) is 7.73. The third kappa shape index (κ3) is 4.75. The van der Waals surface area contributed by atoms with Gasteiger partial charge in [-0.05, 0) is 43.5 Å². The maximum atomic E-state index is 13.2. The zero-order valence-electron chi connectivity index (χ0n) is 18.7. The number of carbonyl (C=O) groups excluding carboxylic acids is 2. The maximum Gasteiger partial charge on any atom is 0.339 e. The van der Waals surface area contributed by atoms with Crippen LogP contribution in [0, 0.1) is 6.92 Å². The number of hydrogen-bond acceptors (Lipinski definition) is 6. The highest BCUT2D eigenvalue weighted by atomic mass is 32.2. The minimum absolute atomic E-state index is 0.0378. The zero-order chi connectivity index (χ0) is 23.6. The van der Waals surface area contributed by atoms with Crippen LogP contribution in [0.1, 0.15) is 35.0 Å². The van der Waals surface area contributed by atoms with Crippen LogP contribution < -0.4 is 4.90 Å². The number of rotatable bonds is 6. The van der Waals surface area contributed by atoms with E-state index in [4.69, 9.17) is 4.74 Å². The van der Waals surface area contributed by atoms with Crippen molar-refractivity contribution in [2.45, 2.75) is 32.7 Å². The second-order valence-corrected chi connectivity index (χ2v) is 10.4. The molecule has 2 heterocycles. The molecule has 1 aliphatic rings. The van der Waals surface area contributed by atoms with Crippen molar-refractivity contribution in [1.82, 2.24) is 4.98 Å². The van der Waals surface area contributed by atoms with Gasteiger partial charge in [-0.15, -0.1) is 0 Å². The van der Waals surface area contributed by atoms with Crippen LogP contribution in [0.4, 0.5) is 5.69 Å². The number of benzene rings is 2. The molecule has 1 aliphatic heterocycles. The van der Waals surface area contributed by atoms with Gasteiger partial charge in [-0.3, -0.25) is 9.78 Å². The molecule has 0 saturated carbocycles. The van der Waals surface area contributed by atoms with Crippen LogP contribution in [0.25, 0.3) is 10.9 Å². The Labute approximate surface area is 193 Å². The van der Waals surface area contributed by atoms with E-state index < -0.39 is 34.4 Å². The van der Waals surface area contributed by atoms with Crippen molar-refractivity contribution < 1.29 is 22.7 Å². The van der Waals surface area contributed by atoms with Gasteiger partial charge in [0.25, 0.3) is 5.91 Å². The number of esters is 1. The summed E-state index contributed by atoms with van der Waals surface area (Å²) in [7, 11) is -3.20. The van der Waals surface area contributed by atoms with Crippen LogP contribution in [0.15, 0.2) is 54.6 Å². The van der Waals surface area contributed by atoms with Crippen LogP contribution >= 0.6 is 0 Å². The number of aryl methyl sites for hydroxylation is 1. The first-order valence-electron chi connectivity index (χ1n) is 10.9. The summed E-state index contributed by atoms with van der Waals surface area (Å²) in [6.07, 6.45) is 1.01. The van der Waals surface area contributed by atoms with Gasteiger partial charge in [0.15, 0.2) is 16.4 Å². The molecule has 8 heteroatoms. The Morgan fingerprint density at radius 3 is 2.45 bits per heavy atom. The summed E-state index contributed by atoms with van der Waals surface area (Å²) >= 11 is 0. The molecule has 0 radical (unpaired) electrons. The predicted octanol–water partition coefficient (Wildman–Crippen LogP) is 3.48. The highest BCUT2D eigenvalue weighted by Gasteiger charge is 2.36. The number of ether oxygens (including phenoxy) is 1. The molecule has 0 bridgehead atoms. The van der Waals surface area contributed by atoms with E-state index in [0.29, 0.717) is 35.0 Å². The highest BCUT2D eigenvalue weighted by Crippen LogP contribution is 2.26. The number of para-hydroxylation sites is 2. The Morgan fingerprint density at radius 1 is 1.09 bits per heavy atom. The van der Waals surface area contributed by atoms with Crippen molar-refractivity contribution in [2.24, 2.45) is 0 Å². The number of fused-ring (bicyclic) bond motifs is 1. The average Bonchev–Trinajstić information content (AvgIpc) is 3.16. The first kappa shape index (κ1) is 22.9. The molecular weight excluding hydrogens is 440 g/mol. The first-order chi connectivity index (χ1) is 15.8. The minimum atomic E-state index is -3.20. The molecule has 1 amide bonds. The van der Waals surface area contributed by atoms with E-state index in [1.54, 1.807) is 24.3 Å². The van der Waals surface area contributed by atoms with Crippen molar-refractivity contribution >= 4 is 38.3 Å². The van der Waals surface area contributed by atoms with Crippen molar-refractivity contribution in [1.29, 1.82) is 0 Å². The quantitative estimate of drug-likeness (QED) is 0.517. The second-order valence-electron chi connectivity index (χ2n) is 8.16. The Balaban J connectivity index is 1.60. The number of sulfone groups is 1. The molecule has 1 unspecified atom stereocenters. The molecule has 1 atom stereocenters. The molecule has 3 aromatic rings. The van der Waals surface area contributed by atoms with Crippen LogP contribution in [-0.4, -0.2) is 49.4 Å². The van der Waals surface area contributed by atoms with Crippen molar-refractivity contribution in [3.05, 3.63) is 71.4 Å². The van der Waals surface area contributed by atoms with Gasteiger partial charge >= 0.3 is 5.97 Å². The number of nitrogens with zero attached hydrogens (tertiary/aromatic N) is 2. The third-order valence-electron chi connectivity index (χ3n) is 5.98. The van der Waals surface area contributed by atoms with Crippen molar-refractivity contribution in [2.75, 3.05) is 23.0 Å². The molecule has 172 valence electrons. The Kier molecular flexibility index (Phi) is 6.47. The van der Waals surface area contributed by atoms with Gasteiger partial charge < -0.3 is 9.64 Å². The molecule has 1 fully saturated rings. The number of aromatic nitrogens is 1. The molecule has 33 heavy (non-hydrogen) atoms. The SMILES string of the molecule is CCc1nc2ccccc2c(C(=O)OCC(=O)N(c2ccccc2)C2CCS(=O)(=O)C2)c1C.